The molecule has 0 fully saturated rings. The molecule has 1 atom stereocenters. The van der Waals surface area contributed by atoms with Crippen molar-refractivity contribution < 1.29 is 9.90 Å². The summed E-state index contributed by atoms with van der Waals surface area (Å²) in [5, 5.41) is 15.8. The Bertz CT molecular complexity index is 323. The van der Waals surface area contributed by atoms with Gasteiger partial charge in [0.05, 0.1) is 0 Å². The molecule has 4 nitrogen and oxygen atoms in total. The first-order valence-electron chi connectivity index (χ1n) is 8.03. The molecule has 0 aromatic rings. The highest BCUT2D eigenvalue weighted by Gasteiger charge is 2.26. The van der Waals surface area contributed by atoms with Crippen LogP contribution in [0.3, 0.4) is 0 Å². The molecule has 0 aromatic heterocycles. The van der Waals surface area contributed by atoms with Gasteiger partial charge in [-0.15, -0.1) is 0 Å². The van der Waals surface area contributed by atoms with Gasteiger partial charge in [0, 0.05) is 37.8 Å². The molecule has 0 rings (SSSR count). The summed E-state index contributed by atoms with van der Waals surface area (Å²) in [4.78, 5) is 10.5. The minimum atomic E-state index is -0.730. The lowest BCUT2D eigenvalue weighted by Gasteiger charge is -2.31. The Morgan fingerprint density at radius 1 is 1.14 bits per heavy atom. The van der Waals surface area contributed by atoms with Crippen LogP contribution < -0.4 is 10.6 Å². The Kier molecular flexibility index (Phi) is 10.8. The van der Waals surface area contributed by atoms with E-state index in [1.807, 2.05) is 0 Å². The zero-order valence-electron chi connectivity index (χ0n) is 14.5. The number of carbonyl (C=O) groups is 1. The van der Waals surface area contributed by atoms with Gasteiger partial charge in [0.2, 0.25) is 0 Å². The molecule has 0 spiro atoms. The van der Waals surface area contributed by atoms with Crippen LogP contribution in [0.25, 0.3) is 0 Å². The fourth-order valence-corrected chi connectivity index (χ4v) is 2.41. The van der Waals surface area contributed by atoms with Crippen molar-refractivity contribution in [2.24, 2.45) is 10.8 Å². The number of hydrogen-bond donors (Lipinski definition) is 5. The molecule has 6 heteroatoms. The molecule has 1 unspecified atom stereocenters. The second-order valence-electron chi connectivity index (χ2n) is 7.47. The van der Waals surface area contributed by atoms with E-state index in [2.05, 4.69) is 63.6 Å². The average molecular weight is 351 g/mol. The lowest BCUT2D eigenvalue weighted by Crippen LogP contribution is -2.40. The first kappa shape index (κ1) is 22.1. The van der Waals surface area contributed by atoms with E-state index in [0.29, 0.717) is 6.42 Å². The first-order valence-corrected chi connectivity index (χ1v) is 9.18. The molecular weight excluding hydrogens is 316 g/mol. The van der Waals surface area contributed by atoms with Crippen LogP contribution in [0.5, 0.6) is 0 Å². The molecule has 0 heterocycles. The highest BCUT2D eigenvalue weighted by molar-refractivity contribution is 7.81. The van der Waals surface area contributed by atoms with E-state index < -0.39 is 5.97 Å². The van der Waals surface area contributed by atoms with Crippen molar-refractivity contribution in [3.63, 3.8) is 0 Å². The molecule has 0 aliphatic rings. The molecule has 0 aromatic carbocycles. The molecule has 0 bridgehead atoms. The van der Waals surface area contributed by atoms with Gasteiger partial charge in [-0.05, 0) is 29.4 Å². The molecule has 0 aliphatic carbocycles. The topological polar surface area (TPSA) is 61.4 Å². The van der Waals surface area contributed by atoms with Crippen molar-refractivity contribution in [1.29, 1.82) is 0 Å². The summed E-state index contributed by atoms with van der Waals surface area (Å²) in [7, 11) is 0. The van der Waals surface area contributed by atoms with Crippen LogP contribution in [0.1, 0.15) is 47.0 Å². The Morgan fingerprint density at radius 2 is 1.68 bits per heavy atom. The van der Waals surface area contributed by atoms with Gasteiger partial charge >= 0.3 is 5.97 Å². The van der Waals surface area contributed by atoms with Gasteiger partial charge in [-0.2, -0.15) is 25.3 Å². The normalized spacial score (nSPS) is 14.1. The van der Waals surface area contributed by atoms with Gasteiger partial charge in [0.25, 0.3) is 0 Å². The quantitative estimate of drug-likeness (QED) is 0.262. The maximum Gasteiger partial charge on any atom is 0.303 e. The van der Waals surface area contributed by atoms with Crippen molar-refractivity contribution >= 4 is 31.2 Å². The fourth-order valence-electron chi connectivity index (χ4n) is 2.03. The van der Waals surface area contributed by atoms with E-state index in [0.717, 1.165) is 38.4 Å². The van der Waals surface area contributed by atoms with Gasteiger partial charge in [-0.3, -0.25) is 4.79 Å². The Morgan fingerprint density at radius 3 is 2.18 bits per heavy atom. The number of aliphatic carboxylic acids is 1. The molecule has 3 N–H and O–H groups in total. The summed E-state index contributed by atoms with van der Waals surface area (Å²) in [6.45, 7) is 12.5. The second kappa shape index (κ2) is 10.8. The van der Waals surface area contributed by atoms with Gasteiger partial charge in [-0.25, -0.2) is 0 Å². The maximum absolute atomic E-state index is 10.5. The minimum absolute atomic E-state index is 0.0476. The SMILES string of the molecule is CC(C)(CS)CNCCNCC(C)(C)C(S)CCCC(=O)O. The van der Waals surface area contributed by atoms with Crippen LogP contribution in [0.2, 0.25) is 0 Å². The summed E-state index contributed by atoms with van der Waals surface area (Å²) in [5.74, 6) is 0.143. The summed E-state index contributed by atoms with van der Waals surface area (Å²) in [5.41, 5.74) is 0.273. The number of thiol groups is 2. The van der Waals surface area contributed by atoms with Crippen molar-refractivity contribution in [1.82, 2.24) is 10.6 Å². The van der Waals surface area contributed by atoms with Crippen LogP contribution in [0.4, 0.5) is 0 Å². The Hall–Kier alpha value is 0.0900. The third-order valence-corrected chi connectivity index (χ3v) is 5.67. The molecule has 0 saturated heterocycles. The summed E-state index contributed by atoms with van der Waals surface area (Å²) in [6.07, 6.45) is 1.75. The standard InChI is InChI=1S/C16H34N2O2S2/c1-15(2,12-21)10-17-8-9-18-11-16(3,4)13(22)6-5-7-14(19)20/h13,17-18,21-22H,5-12H2,1-4H3,(H,19,20). The monoisotopic (exact) mass is 350 g/mol. The number of rotatable bonds is 13. The van der Waals surface area contributed by atoms with Gasteiger partial charge in [0.15, 0.2) is 0 Å². The van der Waals surface area contributed by atoms with Crippen LogP contribution in [0.15, 0.2) is 0 Å². The van der Waals surface area contributed by atoms with E-state index >= 15 is 0 Å². The van der Waals surface area contributed by atoms with Crippen LogP contribution >= 0.6 is 25.3 Å². The van der Waals surface area contributed by atoms with Crippen molar-refractivity contribution in [3.05, 3.63) is 0 Å². The maximum atomic E-state index is 10.5. The highest BCUT2D eigenvalue weighted by atomic mass is 32.1. The van der Waals surface area contributed by atoms with E-state index in [-0.39, 0.29) is 22.5 Å². The number of nitrogens with one attached hydrogen (secondary N) is 2. The number of carboxylic acid groups (broad SMARTS) is 1. The predicted molar refractivity (Wildman–Crippen MR) is 101 cm³/mol. The van der Waals surface area contributed by atoms with Gasteiger partial charge in [-0.1, -0.05) is 27.7 Å². The Labute approximate surface area is 147 Å². The summed E-state index contributed by atoms with van der Waals surface area (Å²) < 4.78 is 0. The molecule has 0 radical (unpaired) electrons. The predicted octanol–water partition coefficient (Wildman–Crippen LogP) is 2.70. The smallest absolute Gasteiger partial charge is 0.303 e. The van der Waals surface area contributed by atoms with Crippen molar-refractivity contribution in [3.8, 4) is 0 Å². The third kappa shape index (κ3) is 10.8. The van der Waals surface area contributed by atoms with Crippen LogP contribution in [-0.4, -0.2) is 48.3 Å². The zero-order valence-corrected chi connectivity index (χ0v) is 16.3. The van der Waals surface area contributed by atoms with Crippen molar-refractivity contribution in [2.45, 2.75) is 52.2 Å². The van der Waals surface area contributed by atoms with E-state index in [9.17, 15) is 4.79 Å². The first-order chi connectivity index (χ1) is 10.1. The third-order valence-electron chi connectivity index (χ3n) is 3.86. The van der Waals surface area contributed by atoms with Crippen molar-refractivity contribution in [2.75, 3.05) is 31.9 Å². The molecule has 22 heavy (non-hydrogen) atoms. The zero-order chi connectivity index (χ0) is 17.2. The lowest BCUT2D eigenvalue weighted by molar-refractivity contribution is -0.137. The van der Waals surface area contributed by atoms with E-state index in [4.69, 9.17) is 5.11 Å². The van der Waals surface area contributed by atoms with E-state index in [1.165, 1.54) is 0 Å². The molecule has 132 valence electrons. The van der Waals surface area contributed by atoms with Crippen LogP contribution in [-0.2, 0) is 4.79 Å². The minimum Gasteiger partial charge on any atom is -0.481 e. The molecule has 0 aliphatic heterocycles. The average Bonchev–Trinajstić information content (AvgIpc) is 2.42. The number of hydrogen-bond acceptors (Lipinski definition) is 5. The molecule has 0 amide bonds. The molecular formula is C16H34N2O2S2. The van der Waals surface area contributed by atoms with Gasteiger partial charge in [0.1, 0.15) is 0 Å². The second-order valence-corrected chi connectivity index (χ2v) is 8.41. The number of carboxylic acids is 1. The lowest BCUT2D eigenvalue weighted by atomic mass is 9.86. The summed E-state index contributed by atoms with van der Waals surface area (Å²) >= 11 is 8.99. The summed E-state index contributed by atoms with van der Waals surface area (Å²) in [6, 6.07) is 0. The largest absolute Gasteiger partial charge is 0.481 e. The highest BCUT2D eigenvalue weighted by Crippen LogP contribution is 2.28. The molecule has 0 saturated carbocycles. The fraction of sp³-hybridized carbons (Fsp3) is 0.938. The van der Waals surface area contributed by atoms with Gasteiger partial charge < -0.3 is 15.7 Å². The van der Waals surface area contributed by atoms with E-state index in [1.54, 1.807) is 0 Å². The van der Waals surface area contributed by atoms with Crippen LogP contribution in [0, 0.1) is 10.8 Å². The Balaban J connectivity index is 3.81.